The Morgan fingerprint density at radius 3 is 2.41 bits per heavy atom. The predicted octanol–water partition coefficient (Wildman–Crippen LogP) is 7.02. The number of carbonyl (C=O) groups excluding carboxylic acids is 2. The van der Waals surface area contributed by atoms with Gasteiger partial charge in [0.05, 0.1) is 29.1 Å². The molecule has 1 aliphatic rings. The molecule has 0 saturated heterocycles. The Kier molecular flexibility index (Phi) is 7.45. The summed E-state index contributed by atoms with van der Waals surface area (Å²) in [5.74, 6) is -0.544. The Labute approximate surface area is 261 Å². The molecule has 4 aromatic carbocycles. The topological polar surface area (TPSA) is 93.1 Å². The van der Waals surface area contributed by atoms with E-state index in [1.165, 1.54) is 20.1 Å². The van der Waals surface area contributed by atoms with Gasteiger partial charge in [0.2, 0.25) is 5.43 Å². The second-order valence-electron chi connectivity index (χ2n) is 11.3. The molecule has 0 amide bonds. The molecule has 2 heterocycles. The summed E-state index contributed by atoms with van der Waals surface area (Å²) >= 11 is 3.43. The van der Waals surface area contributed by atoms with Crippen LogP contribution in [0.4, 0.5) is 0 Å². The molecule has 0 aliphatic carbocycles. The molecule has 224 valence electrons. The van der Waals surface area contributed by atoms with Crippen LogP contribution in [0, 0.1) is 0 Å². The summed E-state index contributed by atoms with van der Waals surface area (Å²) in [6.45, 7) is 4.80. The molecule has 5 aromatic rings. The number of nitrogens with zero attached hydrogens (tertiary/aromatic N) is 1. The van der Waals surface area contributed by atoms with E-state index in [0.29, 0.717) is 38.9 Å². The van der Waals surface area contributed by atoms with Crippen LogP contribution < -0.4 is 14.9 Å². The lowest BCUT2D eigenvalue weighted by molar-refractivity contribution is -0.185. The third-order valence-electron chi connectivity index (χ3n) is 7.93. The first-order valence-electron chi connectivity index (χ1n) is 14.0. The van der Waals surface area contributed by atoms with Gasteiger partial charge in [-0.25, -0.2) is 4.79 Å². The molecule has 44 heavy (non-hydrogen) atoms. The van der Waals surface area contributed by atoms with Crippen molar-refractivity contribution < 1.29 is 28.5 Å². The van der Waals surface area contributed by atoms with E-state index in [0.717, 1.165) is 20.8 Å². The van der Waals surface area contributed by atoms with Gasteiger partial charge in [0, 0.05) is 36.0 Å². The minimum atomic E-state index is -1.13. The first-order chi connectivity index (χ1) is 21.0. The lowest BCUT2D eigenvalue weighted by Crippen LogP contribution is -2.52. The zero-order valence-corrected chi connectivity index (χ0v) is 26.4. The van der Waals surface area contributed by atoms with E-state index < -0.39 is 29.7 Å². The summed E-state index contributed by atoms with van der Waals surface area (Å²) in [5.41, 5.74) is 0.976. The van der Waals surface area contributed by atoms with Crippen molar-refractivity contribution in [3.05, 3.63) is 98.6 Å². The zero-order chi connectivity index (χ0) is 31.3. The van der Waals surface area contributed by atoms with E-state index in [4.69, 9.17) is 18.9 Å². The van der Waals surface area contributed by atoms with E-state index in [2.05, 4.69) is 15.9 Å². The van der Waals surface area contributed by atoms with Crippen molar-refractivity contribution in [3.8, 4) is 11.5 Å². The monoisotopic (exact) mass is 655 g/mol. The Balaban J connectivity index is 1.57. The SMILES string of the molecule is COc1cc2c(c3c1c(=O)c1cc4ccccc4cc1n3C)[C@@H](OC(C)=O)[C@@H](OC(=O)C=Cc1cccc(Br)c1)C(C)(C)O2. The Hall–Kier alpha value is -4.63. The second-order valence-corrected chi connectivity index (χ2v) is 12.2. The number of pyridine rings is 1. The van der Waals surface area contributed by atoms with E-state index in [9.17, 15) is 14.4 Å². The highest BCUT2D eigenvalue weighted by Crippen LogP contribution is 2.49. The largest absolute Gasteiger partial charge is 0.496 e. The number of carbonyl (C=O) groups is 2. The first-order valence-corrected chi connectivity index (χ1v) is 14.8. The van der Waals surface area contributed by atoms with Gasteiger partial charge in [-0.1, -0.05) is 52.3 Å². The molecule has 0 spiro atoms. The van der Waals surface area contributed by atoms with E-state index in [1.54, 1.807) is 26.0 Å². The zero-order valence-electron chi connectivity index (χ0n) is 24.8. The highest BCUT2D eigenvalue weighted by molar-refractivity contribution is 9.10. The molecule has 0 fully saturated rings. The quantitative estimate of drug-likeness (QED) is 0.114. The van der Waals surface area contributed by atoms with Crippen molar-refractivity contribution in [2.24, 2.45) is 7.05 Å². The Morgan fingerprint density at radius 2 is 1.73 bits per heavy atom. The molecular formula is C35H30BrNO7. The number of hydrogen-bond donors (Lipinski definition) is 0. The number of esters is 2. The minimum Gasteiger partial charge on any atom is -0.496 e. The van der Waals surface area contributed by atoms with Crippen molar-refractivity contribution in [3.63, 3.8) is 0 Å². The summed E-state index contributed by atoms with van der Waals surface area (Å²) < 4.78 is 26.8. The standard InChI is InChI=1S/C35H30BrNO7/c1-19(38)42-33-30-27(44-35(2,3)34(33)43-28(39)14-13-20-9-8-12-23(36)15-20)18-26(41-5)29-31(30)37(4)25-17-22-11-7-6-10-21(22)16-24(25)32(29)40/h6-18,33-34H,1-5H3/t33-,34-/m1/s1. The van der Waals surface area contributed by atoms with Gasteiger partial charge in [-0.15, -0.1) is 0 Å². The molecule has 0 bridgehead atoms. The number of rotatable bonds is 5. The van der Waals surface area contributed by atoms with Crippen LogP contribution in [-0.4, -0.2) is 35.3 Å². The molecule has 0 radical (unpaired) electrons. The van der Waals surface area contributed by atoms with Gasteiger partial charge >= 0.3 is 11.9 Å². The van der Waals surface area contributed by atoms with E-state index in [-0.39, 0.29) is 5.43 Å². The molecule has 0 unspecified atom stereocenters. The molecule has 8 nitrogen and oxygen atoms in total. The number of halogens is 1. The summed E-state index contributed by atoms with van der Waals surface area (Å²) in [6.07, 6.45) is 0.807. The van der Waals surface area contributed by atoms with Gasteiger partial charge in [0.15, 0.2) is 12.2 Å². The van der Waals surface area contributed by atoms with Crippen LogP contribution in [0.25, 0.3) is 38.7 Å². The number of hydrogen-bond acceptors (Lipinski definition) is 7. The second kappa shape index (κ2) is 11.1. The van der Waals surface area contributed by atoms with Crippen LogP contribution in [0.5, 0.6) is 11.5 Å². The predicted molar refractivity (Wildman–Crippen MR) is 173 cm³/mol. The minimum absolute atomic E-state index is 0.240. The van der Waals surface area contributed by atoms with Crippen LogP contribution in [0.1, 0.15) is 38.0 Å². The fraction of sp³-hybridized carbons (Fsp3) is 0.229. The Morgan fingerprint density at radius 1 is 1.00 bits per heavy atom. The lowest BCUT2D eigenvalue weighted by Gasteiger charge is -2.43. The van der Waals surface area contributed by atoms with Crippen molar-refractivity contribution >= 4 is 66.5 Å². The van der Waals surface area contributed by atoms with Crippen LogP contribution in [0.2, 0.25) is 0 Å². The summed E-state index contributed by atoms with van der Waals surface area (Å²) in [4.78, 5) is 39.9. The summed E-state index contributed by atoms with van der Waals surface area (Å²) in [5, 5.41) is 2.71. The number of aryl methyl sites for hydroxylation is 1. The number of methoxy groups -OCH3 is 1. The summed E-state index contributed by atoms with van der Waals surface area (Å²) in [7, 11) is 3.33. The highest BCUT2D eigenvalue weighted by atomic mass is 79.9. The average Bonchev–Trinajstić information content (AvgIpc) is 2.98. The first kappa shape index (κ1) is 29.4. The van der Waals surface area contributed by atoms with Crippen molar-refractivity contribution in [1.29, 1.82) is 0 Å². The van der Waals surface area contributed by atoms with E-state index >= 15 is 0 Å². The van der Waals surface area contributed by atoms with Gasteiger partial charge in [-0.3, -0.25) is 9.59 Å². The molecule has 9 heteroatoms. The maximum absolute atomic E-state index is 14.2. The van der Waals surface area contributed by atoms with Gasteiger partial charge in [0.1, 0.15) is 17.1 Å². The smallest absolute Gasteiger partial charge is 0.331 e. The number of benzene rings is 4. The van der Waals surface area contributed by atoms with Gasteiger partial charge in [-0.2, -0.15) is 0 Å². The fourth-order valence-corrected chi connectivity index (χ4v) is 6.38. The maximum Gasteiger partial charge on any atom is 0.331 e. The third-order valence-corrected chi connectivity index (χ3v) is 8.43. The number of fused-ring (bicyclic) bond motifs is 5. The fourth-order valence-electron chi connectivity index (χ4n) is 5.97. The molecule has 1 aromatic heterocycles. The lowest BCUT2D eigenvalue weighted by atomic mass is 9.86. The molecule has 2 atom stereocenters. The number of aromatic nitrogens is 1. The van der Waals surface area contributed by atoms with Crippen LogP contribution in [-0.2, 0) is 26.1 Å². The van der Waals surface area contributed by atoms with Gasteiger partial charge in [-0.05, 0) is 60.5 Å². The van der Waals surface area contributed by atoms with Crippen molar-refractivity contribution in [2.75, 3.05) is 7.11 Å². The average molecular weight is 657 g/mol. The summed E-state index contributed by atoms with van der Waals surface area (Å²) in [6, 6.07) is 20.7. The van der Waals surface area contributed by atoms with Crippen LogP contribution in [0.15, 0.2) is 82.1 Å². The Bertz CT molecular complexity index is 2080. The molecule has 0 N–H and O–H groups in total. The molecule has 0 saturated carbocycles. The number of ether oxygens (including phenoxy) is 4. The van der Waals surface area contributed by atoms with Crippen molar-refractivity contribution in [2.45, 2.75) is 38.6 Å². The third kappa shape index (κ3) is 5.11. The maximum atomic E-state index is 14.2. The van der Waals surface area contributed by atoms with Crippen LogP contribution >= 0.6 is 15.9 Å². The highest BCUT2D eigenvalue weighted by Gasteiger charge is 2.50. The van der Waals surface area contributed by atoms with Crippen LogP contribution in [0.3, 0.4) is 0 Å². The van der Waals surface area contributed by atoms with Gasteiger partial charge < -0.3 is 23.5 Å². The molecule has 1 aliphatic heterocycles. The van der Waals surface area contributed by atoms with Gasteiger partial charge in [0.25, 0.3) is 0 Å². The molecule has 6 rings (SSSR count). The molecular weight excluding hydrogens is 626 g/mol. The normalized spacial score (nSPS) is 17.4. The van der Waals surface area contributed by atoms with Crippen molar-refractivity contribution in [1.82, 2.24) is 4.57 Å². The van der Waals surface area contributed by atoms with E-state index in [1.807, 2.05) is 72.3 Å².